The molecule has 0 unspecified atom stereocenters. The van der Waals surface area contributed by atoms with Crippen LogP contribution in [0.15, 0.2) is 83.1 Å². The van der Waals surface area contributed by atoms with Crippen LogP contribution < -0.4 is 0 Å². The number of hydrogen-bond acceptors (Lipinski definition) is 11. The molecular formula is C45H56N6O10S2. The Morgan fingerprint density at radius 3 is 1.43 bits per heavy atom. The van der Waals surface area contributed by atoms with Gasteiger partial charge in [0.25, 0.3) is 20.0 Å². The lowest BCUT2D eigenvalue weighted by Gasteiger charge is -2.26. The fraction of sp³-hybridized carbons (Fsp3) is 0.467. The Morgan fingerprint density at radius 2 is 1.06 bits per heavy atom. The van der Waals surface area contributed by atoms with E-state index in [4.69, 9.17) is 24.5 Å². The molecule has 0 atom stereocenters. The molecule has 6 heterocycles. The van der Waals surface area contributed by atoms with E-state index in [1.165, 1.54) is 37.8 Å². The molecule has 1 N–H and O–H groups in total. The Kier molecular flexibility index (Phi) is 12.8. The molecule has 16 nitrogen and oxygen atoms in total. The van der Waals surface area contributed by atoms with Gasteiger partial charge in [-0.05, 0) is 86.1 Å². The molecule has 2 aromatic carbocycles. The van der Waals surface area contributed by atoms with Crippen molar-refractivity contribution >= 4 is 54.1 Å². The van der Waals surface area contributed by atoms with Gasteiger partial charge in [-0.25, -0.2) is 44.3 Å². The van der Waals surface area contributed by atoms with Gasteiger partial charge in [0.05, 0.1) is 50.1 Å². The molecule has 6 aromatic rings. The number of carboxylic acids is 1. The van der Waals surface area contributed by atoms with Gasteiger partial charge in [-0.15, -0.1) is 0 Å². The molecule has 0 bridgehead atoms. The van der Waals surface area contributed by atoms with E-state index in [9.17, 15) is 26.4 Å². The molecule has 0 aliphatic carbocycles. The van der Waals surface area contributed by atoms with Crippen molar-refractivity contribution in [1.82, 2.24) is 27.0 Å². The largest absolute Gasteiger partial charge is 0.478 e. The number of carboxylic acid groups (broad SMARTS) is 1. The van der Waals surface area contributed by atoms with Gasteiger partial charge in [0.1, 0.15) is 11.6 Å². The van der Waals surface area contributed by atoms with Gasteiger partial charge in [-0.2, -0.15) is 0 Å². The summed E-state index contributed by atoms with van der Waals surface area (Å²) in [4.78, 5) is 32.7. The molecule has 0 amide bonds. The van der Waals surface area contributed by atoms with E-state index in [1.807, 2.05) is 6.07 Å². The van der Waals surface area contributed by atoms with Crippen molar-refractivity contribution in [3.63, 3.8) is 0 Å². The first-order valence-electron chi connectivity index (χ1n) is 21.0. The molecule has 0 saturated carbocycles. The minimum absolute atomic E-state index is 0.0729. The van der Waals surface area contributed by atoms with Gasteiger partial charge in [0.15, 0.2) is 0 Å². The molecule has 63 heavy (non-hydrogen) atoms. The smallest absolute Gasteiger partial charge is 0.339 e. The normalized spacial score (nSPS) is 16.0. The molecule has 8 rings (SSSR count). The molecule has 2 aliphatic heterocycles. The van der Waals surface area contributed by atoms with Crippen LogP contribution in [-0.2, 0) is 58.2 Å². The van der Waals surface area contributed by atoms with Gasteiger partial charge in [0, 0.05) is 75.1 Å². The lowest BCUT2D eigenvalue weighted by molar-refractivity contribution is 0.0598. The Morgan fingerprint density at radius 1 is 0.667 bits per heavy atom. The molecule has 2 aliphatic rings. The maximum absolute atomic E-state index is 13.2. The first-order chi connectivity index (χ1) is 29.7. The van der Waals surface area contributed by atoms with Crippen LogP contribution in [0.3, 0.4) is 0 Å². The Balaban J connectivity index is 0.000000189. The molecular weight excluding hydrogens is 849 g/mol. The van der Waals surface area contributed by atoms with Crippen LogP contribution in [0.25, 0.3) is 22.1 Å². The lowest BCUT2D eigenvalue weighted by Crippen LogP contribution is -2.25. The van der Waals surface area contributed by atoms with E-state index in [-0.39, 0.29) is 31.7 Å². The number of imidazole rings is 2. The van der Waals surface area contributed by atoms with E-state index in [1.54, 1.807) is 30.3 Å². The van der Waals surface area contributed by atoms with Crippen LogP contribution in [0.4, 0.5) is 0 Å². The summed E-state index contributed by atoms with van der Waals surface area (Å²) in [7, 11) is -6.54. The number of aromatic nitrogens is 6. The number of hydrogen-bond donors (Lipinski definition) is 1. The average molecular weight is 905 g/mol. The molecule has 18 heteroatoms. The molecule has 2 fully saturated rings. The number of esters is 1. The van der Waals surface area contributed by atoms with Crippen LogP contribution >= 0.6 is 0 Å². The first-order valence-corrected chi connectivity index (χ1v) is 23.9. The van der Waals surface area contributed by atoms with Crippen molar-refractivity contribution in [2.75, 3.05) is 33.5 Å². The topological polar surface area (TPSA) is 196 Å². The van der Waals surface area contributed by atoms with Crippen molar-refractivity contribution in [2.24, 2.45) is 11.8 Å². The van der Waals surface area contributed by atoms with E-state index >= 15 is 0 Å². The monoisotopic (exact) mass is 904 g/mol. The van der Waals surface area contributed by atoms with Crippen LogP contribution in [0, 0.1) is 11.8 Å². The van der Waals surface area contributed by atoms with Gasteiger partial charge in [-0.3, -0.25) is 0 Å². The Bertz CT molecular complexity index is 2860. The second-order valence-electron chi connectivity index (χ2n) is 18.3. The molecule has 338 valence electrons. The highest BCUT2D eigenvalue weighted by molar-refractivity contribution is 7.90. The Hall–Kier alpha value is -5.30. The SMILES string of the molecule is CC(C)(C)c1nc2cc(S(=O)(=O)n3ccc(C(=O)O)c3)ccc2n1CC1CCOCC1.COC(=O)c1ccn(S(=O)(=O)c2ccc3c(c2)nc(C(C)(C)C)n3CC2CCOCC2)c1. The molecule has 4 aromatic heterocycles. The van der Waals surface area contributed by atoms with Crippen LogP contribution in [0.1, 0.15) is 99.6 Å². The number of ether oxygens (including phenoxy) is 3. The van der Waals surface area contributed by atoms with Crippen molar-refractivity contribution in [3.05, 3.63) is 96.1 Å². The zero-order valence-electron chi connectivity index (χ0n) is 36.8. The van der Waals surface area contributed by atoms with Crippen molar-refractivity contribution in [2.45, 2.75) is 101 Å². The summed E-state index contributed by atoms with van der Waals surface area (Å²) in [5, 5.41) is 9.09. The highest BCUT2D eigenvalue weighted by atomic mass is 32.2. The zero-order chi connectivity index (χ0) is 45.5. The van der Waals surface area contributed by atoms with Gasteiger partial charge >= 0.3 is 11.9 Å². The zero-order valence-corrected chi connectivity index (χ0v) is 38.4. The predicted molar refractivity (Wildman–Crippen MR) is 236 cm³/mol. The molecule has 0 radical (unpaired) electrons. The highest BCUT2D eigenvalue weighted by Gasteiger charge is 2.29. The van der Waals surface area contributed by atoms with Crippen molar-refractivity contribution in [3.8, 4) is 0 Å². The third-order valence-corrected chi connectivity index (χ3v) is 14.8. The number of carbonyl (C=O) groups excluding carboxylic acids is 1. The van der Waals surface area contributed by atoms with Crippen molar-refractivity contribution in [1.29, 1.82) is 0 Å². The fourth-order valence-electron chi connectivity index (χ4n) is 8.09. The van der Waals surface area contributed by atoms with Crippen LogP contribution in [0.5, 0.6) is 0 Å². The lowest BCUT2D eigenvalue weighted by atomic mass is 9.94. The standard InChI is InChI=1S/C23H29N3O5S.C22H27N3O5S/c1-23(2,3)22-24-19-13-18(32(28,29)25-10-7-17(15-25)21(27)30-4)5-6-20(19)26(22)14-16-8-11-31-12-9-16;1-22(2,3)21-23-18-12-17(31(28,29)24-9-6-16(14-24)20(26)27)4-5-19(18)25(21)13-15-7-10-30-11-8-15/h5-7,10,13,15-16H,8-9,11-12,14H2,1-4H3;4-6,9,12,14-15H,7-8,10-11,13H2,1-3H3,(H,26,27). The highest BCUT2D eigenvalue weighted by Crippen LogP contribution is 2.33. The number of benzene rings is 2. The van der Waals surface area contributed by atoms with Gasteiger partial charge in [-0.1, -0.05) is 41.5 Å². The molecule has 2 saturated heterocycles. The quantitative estimate of drug-likeness (QED) is 0.137. The average Bonchev–Trinajstić information content (AvgIpc) is 4.07. The van der Waals surface area contributed by atoms with Crippen LogP contribution in [-0.4, -0.2) is 94.5 Å². The van der Waals surface area contributed by atoms with E-state index in [2.05, 4.69) is 55.4 Å². The summed E-state index contributed by atoms with van der Waals surface area (Å²) in [5.41, 5.74) is 2.76. The maximum Gasteiger partial charge on any atom is 0.339 e. The molecule has 0 spiro atoms. The maximum atomic E-state index is 13.2. The van der Waals surface area contributed by atoms with E-state index in [0.717, 1.165) is 102 Å². The minimum atomic E-state index is -3.92. The second kappa shape index (κ2) is 17.7. The number of carbonyl (C=O) groups is 2. The third-order valence-electron chi connectivity index (χ3n) is 11.5. The Labute approximate surface area is 367 Å². The summed E-state index contributed by atoms with van der Waals surface area (Å²) in [6.45, 7) is 17.3. The summed E-state index contributed by atoms with van der Waals surface area (Å²) < 4.78 is 74.5. The van der Waals surface area contributed by atoms with Crippen molar-refractivity contribution < 1.29 is 45.7 Å². The van der Waals surface area contributed by atoms with Crippen LogP contribution in [0.2, 0.25) is 0 Å². The van der Waals surface area contributed by atoms with Gasteiger partial charge in [0.2, 0.25) is 0 Å². The van der Waals surface area contributed by atoms with Gasteiger partial charge < -0.3 is 28.5 Å². The minimum Gasteiger partial charge on any atom is -0.478 e. The second-order valence-corrected chi connectivity index (χ2v) is 22.0. The summed E-state index contributed by atoms with van der Waals surface area (Å²) in [6, 6.07) is 12.6. The summed E-state index contributed by atoms with van der Waals surface area (Å²) in [5.74, 6) is 1.08. The summed E-state index contributed by atoms with van der Waals surface area (Å²) >= 11 is 0. The first kappa shape index (κ1) is 45.7. The number of aromatic carboxylic acids is 1. The number of methoxy groups -OCH3 is 1. The van der Waals surface area contributed by atoms with E-state index < -0.39 is 32.0 Å². The number of nitrogens with zero attached hydrogens (tertiary/aromatic N) is 6. The summed E-state index contributed by atoms with van der Waals surface area (Å²) in [6.07, 6.45) is 8.95. The fourth-order valence-corrected chi connectivity index (χ4v) is 10.5. The third kappa shape index (κ3) is 9.63. The number of rotatable bonds is 10. The number of fused-ring (bicyclic) bond motifs is 2. The van der Waals surface area contributed by atoms with E-state index in [0.29, 0.717) is 22.9 Å². The predicted octanol–water partition coefficient (Wildman–Crippen LogP) is 7.08.